The third kappa shape index (κ3) is 5.57. The predicted octanol–water partition coefficient (Wildman–Crippen LogP) is 5.73. The molecule has 0 saturated heterocycles. The summed E-state index contributed by atoms with van der Waals surface area (Å²) in [5, 5.41) is 3.80. The van der Waals surface area contributed by atoms with Crippen LogP contribution in [0.15, 0.2) is 68.6 Å². The van der Waals surface area contributed by atoms with Crippen molar-refractivity contribution in [1.82, 2.24) is 5.43 Å². The molecule has 1 amide bonds. The van der Waals surface area contributed by atoms with E-state index in [1.165, 1.54) is 18.3 Å². The molecule has 3 aromatic rings. The standard InChI is InChI=1S/C21H16BrF3N2O2/c1-13-5-7-17(18(22)9-13)19-8-6-16(29-19)12-26-27-20(28)11-14-3-2-4-15(10-14)21(23,24)25/h2-10,12H,11H2,1H3,(H,27,28). The minimum atomic E-state index is -4.45. The normalized spacial score (nSPS) is 11.8. The molecule has 0 aliphatic rings. The SMILES string of the molecule is Cc1ccc(-c2ccc(C=NNC(=O)Cc3cccc(C(F)(F)F)c3)o2)c(Br)c1. The molecule has 150 valence electrons. The fraction of sp³-hybridized carbons (Fsp3) is 0.143. The van der Waals surface area contributed by atoms with Crippen molar-refractivity contribution >= 4 is 28.1 Å². The van der Waals surface area contributed by atoms with Crippen molar-refractivity contribution < 1.29 is 22.4 Å². The highest BCUT2D eigenvalue weighted by Gasteiger charge is 2.30. The number of carbonyl (C=O) groups is 1. The van der Waals surface area contributed by atoms with E-state index in [2.05, 4.69) is 26.5 Å². The number of hydrogen-bond donors (Lipinski definition) is 1. The number of nitrogens with zero attached hydrogens (tertiary/aromatic N) is 1. The second kappa shape index (κ2) is 8.65. The van der Waals surface area contributed by atoms with Gasteiger partial charge in [0.05, 0.1) is 18.2 Å². The smallest absolute Gasteiger partial charge is 0.416 e. The Bertz CT molecular complexity index is 1060. The summed E-state index contributed by atoms with van der Waals surface area (Å²) in [6.07, 6.45) is -3.34. The number of hydrogen-bond acceptors (Lipinski definition) is 3. The van der Waals surface area contributed by atoms with Gasteiger partial charge in [0.2, 0.25) is 5.91 Å². The highest BCUT2D eigenvalue weighted by atomic mass is 79.9. The topological polar surface area (TPSA) is 54.6 Å². The molecule has 0 radical (unpaired) electrons. The average molecular weight is 465 g/mol. The van der Waals surface area contributed by atoms with Crippen LogP contribution in [0.5, 0.6) is 0 Å². The second-order valence-corrected chi connectivity index (χ2v) is 7.21. The van der Waals surface area contributed by atoms with Crippen molar-refractivity contribution in [2.24, 2.45) is 5.10 Å². The molecule has 1 aromatic heterocycles. The van der Waals surface area contributed by atoms with Gasteiger partial charge in [-0.05, 0) is 48.4 Å². The van der Waals surface area contributed by atoms with Gasteiger partial charge in [0.25, 0.3) is 0 Å². The predicted molar refractivity (Wildman–Crippen MR) is 107 cm³/mol. The first-order chi connectivity index (χ1) is 13.7. The molecule has 1 N–H and O–H groups in total. The van der Waals surface area contributed by atoms with Gasteiger partial charge in [-0.1, -0.05) is 40.2 Å². The van der Waals surface area contributed by atoms with Crippen molar-refractivity contribution in [3.05, 3.63) is 81.5 Å². The lowest BCUT2D eigenvalue weighted by atomic mass is 10.1. The van der Waals surface area contributed by atoms with Crippen LogP contribution in [0.1, 0.15) is 22.5 Å². The van der Waals surface area contributed by atoms with E-state index >= 15 is 0 Å². The lowest BCUT2D eigenvalue weighted by Gasteiger charge is -2.08. The van der Waals surface area contributed by atoms with E-state index in [4.69, 9.17) is 4.42 Å². The van der Waals surface area contributed by atoms with Gasteiger partial charge in [0.1, 0.15) is 11.5 Å². The Morgan fingerprint density at radius 2 is 1.97 bits per heavy atom. The molecule has 0 bridgehead atoms. The van der Waals surface area contributed by atoms with Crippen LogP contribution in [0.2, 0.25) is 0 Å². The number of hydrazone groups is 1. The molecule has 0 fully saturated rings. The van der Waals surface area contributed by atoms with Gasteiger partial charge in [-0.25, -0.2) is 5.43 Å². The molecule has 0 saturated carbocycles. The third-order valence-corrected chi connectivity index (χ3v) is 4.67. The summed E-state index contributed by atoms with van der Waals surface area (Å²) in [4.78, 5) is 11.9. The summed E-state index contributed by atoms with van der Waals surface area (Å²) < 4.78 is 44.8. The Morgan fingerprint density at radius 3 is 2.69 bits per heavy atom. The summed E-state index contributed by atoms with van der Waals surface area (Å²) in [5.41, 5.74) is 3.73. The van der Waals surface area contributed by atoms with E-state index in [0.29, 0.717) is 11.5 Å². The van der Waals surface area contributed by atoms with E-state index in [-0.39, 0.29) is 12.0 Å². The molecule has 29 heavy (non-hydrogen) atoms. The van der Waals surface area contributed by atoms with Gasteiger partial charge < -0.3 is 4.42 Å². The van der Waals surface area contributed by atoms with E-state index in [1.54, 1.807) is 12.1 Å². The molecule has 3 rings (SSSR count). The molecule has 8 heteroatoms. The zero-order chi connectivity index (χ0) is 21.0. The first-order valence-electron chi connectivity index (χ1n) is 8.57. The summed E-state index contributed by atoms with van der Waals surface area (Å²) in [5.74, 6) is 0.522. The van der Waals surface area contributed by atoms with Gasteiger partial charge in [-0.3, -0.25) is 4.79 Å². The lowest BCUT2D eigenvalue weighted by molar-refractivity contribution is -0.137. The Kier molecular flexibility index (Phi) is 6.22. The highest BCUT2D eigenvalue weighted by molar-refractivity contribution is 9.10. The number of aryl methyl sites for hydroxylation is 1. The Hall–Kier alpha value is -2.87. The Balaban J connectivity index is 1.60. The molecule has 0 spiro atoms. The first-order valence-corrected chi connectivity index (χ1v) is 9.36. The lowest BCUT2D eigenvalue weighted by Crippen LogP contribution is -2.20. The van der Waals surface area contributed by atoms with Crippen LogP contribution >= 0.6 is 15.9 Å². The molecule has 0 aliphatic carbocycles. The molecule has 2 aromatic carbocycles. The fourth-order valence-electron chi connectivity index (χ4n) is 2.64. The third-order valence-electron chi connectivity index (χ3n) is 4.02. The monoisotopic (exact) mass is 464 g/mol. The van der Waals surface area contributed by atoms with Crippen molar-refractivity contribution in [3.8, 4) is 11.3 Å². The van der Waals surface area contributed by atoms with Crippen molar-refractivity contribution in [2.45, 2.75) is 19.5 Å². The zero-order valence-electron chi connectivity index (χ0n) is 15.3. The van der Waals surface area contributed by atoms with Crippen LogP contribution in [0.3, 0.4) is 0 Å². The molecular formula is C21H16BrF3N2O2. The van der Waals surface area contributed by atoms with Crippen LogP contribution in [0.4, 0.5) is 13.2 Å². The van der Waals surface area contributed by atoms with Crippen LogP contribution < -0.4 is 5.43 Å². The quantitative estimate of drug-likeness (QED) is 0.387. The maximum Gasteiger partial charge on any atom is 0.416 e. The molecule has 4 nitrogen and oxygen atoms in total. The fourth-order valence-corrected chi connectivity index (χ4v) is 3.33. The number of halogens is 4. The van der Waals surface area contributed by atoms with E-state index in [9.17, 15) is 18.0 Å². The summed E-state index contributed by atoms with van der Waals surface area (Å²) in [6.45, 7) is 1.98. The summed E-state index contributed by atoms with van der Waals surface area (Å²) in [7, 11) is 0. The van der Waals surface area contributed by atoms with Gasteiger partial charge in [-0.15, -0.1) is 0 Å². The van der Waals surface area contributed by atoms with Gasteiger partial charge in [0, 0.05) is 10.0 Å². The molecule has 0 atom stereocenters. The highest BCUT2D eigenvalue weighted by Crippen LogP contribution is 2.30. The Labute approximate surface area is 173 Å². The summed E-state index contributed by atoms with van der Waals surface area (Å²) in [6, 6.07) is 14.0. The molecule has 0 unspecified atom stereocenters. The number of amides is 1. The van der Waals surface area contributed by atoms with Gasteiger partial charge in [-0.2, -0.15) is 18.3 Å². The maximum atomic E-state index is 12.7. The number of benzene rings is 2. The molecular weight excluding hydrogens is 449 g/mol. The number of alkyl halides is 3. The minimum absolute atomic E-state index is 0.221. The molecule has 1 heterocycles. The van der Waals surface area contributed by atoms with Crippen molar-refractivity contribution in [2.75, 3.05) is 0 Å². The Morgan fingerprint density at radius 1 is 1.17 bits per heavy atom. The van der Waals surface area contributed by atoms with Crippen LogP contribution in [-0.4, -0.2) is 12.1 Å². The zero-order valence-corrected chi connectivity index (χ0v) is 16.8. The van der Waals surface area contributed by atoms with Gasteiger partial charge >= 0.3 is 6.18 Å². The van der Waals surface area contributed by atoms with Crippen molar-refractivity contribution in [3.63, 3.8) is 0 Å². The van der Waals surface area contributed by atoms with E-state index in [1.807, 2.05) is 25.1 Å². The molecule has 0 aliphatic heterocycles. The first kappa shape index (κ1) is 20.9. The van der Waals surface area contributed by atoms with Crippen LogP contribution in [-0.2, 0) is 17.4 Å². The largest absolute Gasteiger partial charge is 0.455 e. The van der Waals surface area contributed by atoms with Crippen LogP contribution in [0, 0.1) is 6.92 Å². The number of carbonyl (C=O) groups excluding carboxylic acids is 1. The number of nitrogens with one attached hydrogen (secondary N) is 1. The average Bonchev–Trinajstić information content (AvgIpc) is 3.10. The maximum absolute atomic E-state index is 12.7. The van der Waals surface area contributed by atoms with E-state index in [0.717, 1.165) is 27.7 Å². The van der Waals surface area contributed by atoms with Crippen molar-refractivity contribution in [1.29, 1.82) is 0 Å². The number of furan rings is 1. The second-order valence-electron chi connectivity index (χ2n) is 6.35. The van der Waals surface area contributed by atoms with Gasteiger partial charge in [0.15, 0.2) is 0 Å². The van der Waals surface area contributed by atoms with E-state index < -0.39 is 17.6 Å². The minimum Gasteiger partial charge on any atom is -0.455 e. The summed E-state index contributed by atoms with van der Waals surface area (Å²) >= 11 is 3.49. The van der Waals surface area contributed by atoms with Crippen LogP contribution in [0.25, 0.3) is 11.3 Å². The number of rotatable bonds is 5.